The predicted octanol–water partition coefficient (Wildman–Crippen LogP) is 3.84. The largest absolute Gasteiger partial charge is 0.489 e. The van der Waals surface area contributed by atoms with E-state index in [1.807, 2.05) is 26.1 Å². The molecule has 2 N–H and O–H groups in total. The molecule has 2 fully saturated rings. The number of nitrogens with zero attached hydrogens (tertiary/aromatic N) is 3. The molecule has 33 heavy (non-hydrogen) atoms. The molecule has 0 saturated heterocycles. The highest BCUT2D eigenvalue weighted by Crippen LogP contribution is 2.31. The number of amides is 1. The molecule has 0 spiro atoms. The summed E-state index contributed by atoms with van der Waals surface area (Å²) >= 11 is 0. The van der Waals surface area contributed by atoms with Crippen LogP contribution in [-0.2, 0) is 23.1 Å². The van der Waals surface area contributed by atoms with Gasteiger partial charge in [0.15, 0.2) is 0 Å². The van der Waals surface area contributed by atoms with Gasteiger partial charge >= 0.3 is 12.1 Å². The minimum absolute atomic E-state index is 0.115. The molecule has 0 unspecified atom stereocenters. The highest BCUT2D eigenvalue weighted by molar-refractivity contribution is 5.70. The topological polar surface area (TPSA) is 116 Å². The molecule has 9 nitrogen and oxygen atoms in total. The third kappa shape index (κ3) is 5.64. The van der Waals surface area contributed by atoms with Crippen molar-refractivity contribution in [1.82, 2.24) is 20.1 Å². The number of nitrogens with one attached hydrogen (secondary N) is 1. The summed E-state index contributed by atoms with van der Waals surface area (Å²) in [5.41, 5.74) is 3.12. The van der Waals surface area contributed by atoms with Crippen LogP contribution in [0.4, 0.5) is 4.79 Å². The van der Waals surface area contributed by atoms with Crippen LogP contribution in [0, 0.1) is 18.8 Å². The number of carboxylic acids is 1. The van der Waals surface area contributed by atoms with Crippen LogP contribution in [0.3, 0.4) is 0 Å². The van der Waals surface area contributed by atoms with Crippen LogP contribution in [0.1, 0.15) is 56.3 Å². The van der Waals surface area contributed by atoms with E-state index in [0.717, 1.165) is 48.3 Å². The average Bonchev–Trinajstić information content (AvgIpc) is 3.13. The monoisotopic (exact) mass is 456 g/mol. The number of pyridine rings is 1. The Morgan fingerprint density at radius 3 is 2.70 bits per heavy atom. The lowest BCUT2D eigenvalue weighted by Crippen LogP contribution is -2.29. The second-order valence-corrected chi connectivity index (χ2v) is 9.10. The molecule has 178 valence electrons. The fourth-order valence-electron chi connectivity index (χ4n) is 4.43. The Balaban J connectivity index is 1.39. The summed E-state index contributed by atoms with van der Waals surface area (Å²) in [6, 6.07) is 3.74. The van der Waals surface area contributed by atoms with Crippen LogP contribution >= 0.6 is 0 Å². The van der Waals surface area contributed by atoms with Gasteiger partial charge in [-0.25, -0.2) is 9.78 Å². The number of carbonyl (C=O) groups excluding carboxylic acids is 1. The molecule has 0 aromatic carbocycles. The van der Waals surface area contributed by atoms with Gasteiger partial charge < -0.3 is 19.9 Å². The second kappa shape index (κ2) is 10.2. The van der Waals surface area contributed by atoms with Gasteiger partial charge in [0, 0.05) is 12.6 Å². The minimum atomic E-state index is -0.752. The van der Waals surface area contributed by atoms with Crippen LogP contribution in [0.25, 0.3) is 11.3 Å². The lowest BCUT2D eigenvalue weighted by atomic mass is 9.86. The molecule has 2 aliphatic carbocycles. The third-order valence-corrected chi connectivity index (χ3v) is 6.72. The van der Waals surface area contributed by atoms with Gasteiger partial charge in [0.05, 0.1) is 48.5 Å². The number of hydrogen-bond donors (Lipinski definition) is 2. The van der Waals surface area contributed by atoms with Gasteiger partial charge in [0.2, 0.25) is 0 Å². The van der Waals surface area contributed by atoms with Crippen molar-refractivity contribution < 1.29 is 24.2 Å². The summed E-state index contributed by atoms with van der Waals surface area (Å²) in [6.45, 7) is 2.63. The first kappa shape index (κ1) is 23.1. The number of rotatable bonds is 8. The maximum Gasteiger partial charge on any atom is 0.407 e. The molecule has 2 atom stereocenters. The Hall–Kier alpha value is -3.10. The molecule has 2 aromatic heterocycles. The zero-order valence-corrected chi connectivity index (χ0v) is 19.2. The van der Waals surface area contributed by atoms with E-state index in [4.69, 9.17) is 14.5 Å². The van der Waals surface area contributed by atoms with Crippen molar-refractivity contribution in [1.29, 1.82) is 0 Å². The average molecular weight is 457 g/mol. The first-order valence-corrected chi connectivity index (χ1v) is 11.7. The third-order valence-electron chi connectivity index (χ3n) is 6.72. The van der Waals surface area contributed by atoms with Crippen molar-refractivity contribution in [3.05, 3.63) is 29.7 Å². The number of aromatic nitrogens is 3. The summed E-state index contributed by atoms with van der Waals surface area (Å²) in [5, 5.41) is 16.4. The van der Waals surface area contributed by atoms with E-state index in [9.17, 15) is 14.7 Å². The van der Waals surface area contributed by atoms with Crippen LogP contribution in [0.15, 0.2) is 18.3 Å². The maximum absolute atomic E-state index is 12.1. The summed E-state index contributed by atoms with van der Waals surface area (Å²) in [6.07, 6.45) is 7.59. The highest BCUT2D eigenvalue weighted by Gasteiger charge is 2.28. The maximum atomic E-state index is 12.1. The Kier molecular flexibility index (Phi) is 7.15. The van der Waals surface area contributed by atoms with Crippen molar-refractivity contribution in [2.45, 2.75) is 64.5 Å². The summed E-state index contributed by atoms with van der Waals surface area (Å²) in [5.74, 6) is 0.0674. The SMILES string of the molecule is Cc1nc(-c2cnn(C)c2CNC(=O)OCC2CCC2)ccc1O[C@H]1CCC[C@H](C(=O)O)C1. The van der Waals surface area contributed by atoms with Crippen molar-refractivity contribution in [2.24, 2.45) is 18.9 Å². The van der Waals surface area contributed by atoms with Crippen LogP contribution in [0.2, 0.25) is 0 Å². The molecule has 0 aliphatic heterocycles. The van der Waals surface area contributed by atoms with E-state index >= 15 is 0 Å². The van der Waals surface area contributed by atoms with E-state index in [1.165, 1.54) is 6.42 Å². The lowest BCUT2D eigenvalue weighted by molar-refractivity contribution is -0.143. The van der Waals surface area contributed by atoms with Gasteiger partial charge in [-0.1, -0.05) is 6.42 Å². The van der Waals surface area contributed by atoms with Gasteiger partial charge in [-0.05, 0) is 63.5 Å². The van der Waals surface area contributed by atoms with E-state index < -0.39 is 12.1 Å². The molecular formula is C24H32N4O5. The quantitative estimate of drug-likeness (QED) is 0.620. The van der Waals surface area contributed by atoms with E-state index in [2.05, 4.69) is 10.4 Å². The smallest absolute Gasteiger partial charge is 0.407 e. The Morgan fingerprint density at radius 1 is 1.21 bits per heavy atom. The number of ether oxygens (including phenoxy) is 2. The number of carboxylic acid groups (broad SMARTS) is 1. The molecule has 2 aliphatic rings. The Labute approximate surface area is 193 Å². The second-order valence-electron chi connectivity index (χ2n) is 9.10. The number of hydrogen-bond acceptors (Lipinski definition) is 6. The Bertz CT molecular complexity index is 1000. The van der Waals surface area contributed by atoms with Crippen molar-refractivity contribution >= 4 is 12.1 Å². The zero-order chi connectivity index (χ0) is 23.4. The normalized spacial score (nSPS) is 20.7. The molecule has 0 bridgehead atoms. The van der Waals surface area contributed by atoms with Crippen LogP contribution in [0.5, 0.6) is 5.75 Å². The van der Waals surface area contributed by atoms with Crippen molar-refractivity contribution in [3.63, 3.8) is 0 Å². The van der Waals surface area contributed by atoms with Gasteiger partial charge in [-0.3, -0.25) is 9.48 Å². The molecule has 9 heteroatoms. The van der Waals surface area contributed by atoms with Gasteiger partial charge in [0.25, 0.3) is 0 Å². The van der Waals surface area contributed by atoms with Crippen molar-refractivity contribution in [3.8, 4) is 17.0 Å². The van der Waals surface area contributed by atoms with Gasteiger partial charge in [-0.15, -0.1) is 0 Å². The summed E-state index contributed by atoms with van der Waals surface area (Å²) < 4.78 is 13.1. The number of alkyl carbamates (subject to hydrolysis) is 1. The van der Waals surface area contributed by atoms with E-state index in [-0.39, 0.29) is 18.6 Å². The molecule has 2 aromatic rings. The fraction of sp³-hybridized carbons (Fsp3) is 0.583. The fourth-order valence-corrected chi connectivity index (χ4v) is 4.43. The number of aliphatic carboxylic acids is 1. The van der Waals surface area contributed by atoms with Crippen molar-refractivity contribution in [2.75, 3.05) is 6.61 Å². The standard InChI is InChI=1S/C24H32N4O5/c1-15-22(33-18-8-4-7-17(11-18)23(29)30)10-9-20(27-15)19-12-26-28(2)21(19)13-25-24(31)32-14-16-5-3-6-16/h9-10,12,16-18H,3-8,11,13-14H2,1-2H3,(H,25,31)(H,29,30)/t17-,18-/m0/s1. The molecular weight excluding hydrogens is 424 g/mol. The molecule has 2 heterocycles. The number of aryl methyl sites for hydroxylation is 2. The summed E-state index contributed by atoms with van der Waals surface area (Å²) in [4.78, 5) is 28.1. The Morgan fingerprint density at radius 2 is 2.00 bits per heavy atom. The predicted molar refractivity (Wildman–Crippen MR) is 121 cm³/mol. The summed E-state index contributed by atoms with van der Waals surface area (Å²) in [7, 11) is 1.83. The van der Waals surface area contributed by atoms with E-state index in [0.29, 0.717) is 31.1 Å². The molecule has 2 saturated carbocycles. The van der Waals surface area contributed by atoms with Gasteiger partial charge in [0.1, 0.15) is 5.75 Å². The van der Waals surface area contributed by atoms with E-state index in [1.54, 1.807) is 10.9 Å². The molecule has 4 rings (SSSR count). The molecule has 1 amide bonds. The molecule has 0 radical (unpaired) electrons. The van der Waals surface area contributed by atoms with Crippen LogP contribution in [-0.4, -0.2) is 44.6 Å². The minimum Gasteiger partial charge on any atom is -0.489 e. The lowest BCUT2D eigenvalue weighted by Gasteiger charge is -2.27. The first-order chi connectivity index (χ1) is 15.9. The number of carbonyl (C=O) groups is 2. The zero-order valence-electron chi connectivity index (χ0n) is 19.2. The van der Waals surface area contributed by atoms with Crippen LogP contribution < -0.4 is 10.1 Å². The first-order valence-electron chi connectivity index (χ1n) is 11.7. The highest BCUT2D eigenvalue weighted by atomic mass is 16.5. The van der Waals surface area contributed by atoms with Gasteiger partial charge in [-0.2, -0.15) is 5.10 Å².